The zero-order chi connectivity index (χ0) is 22.3. The molecule has 0 radical (unpaired) electrons. The molecule has 1 amide bonds. The van der Waals surface area contributed by atoms with Crippen LogP contribution in [0, 0.1) is 0 Å². The molecule has 1 aliphatic heterocycles. The van der Waals surface area contributed by atoms with E-state index in [2.05, 4.69) is 6.07 Å². The minimum absolute atomic E-state index is 0.0308. The number of rotatable bonds is 8. The fourth-order valence-electron chi connectivity index (χ4n) is 4.21. The van der Waals surface area contributed by atoms with Gasteiger partial charge in [0.1, 0.15) is 12.4 Å². The number of hydrogen-bond acceptors (Lipinski definition) is 4. The minimum atomic E-state index is 0.0308. The van der Waals surface area contributed by atoms with Crippen molar-refractivity contribution in [1.82, 2.24) is 4.90 Å². The average molecular weight is 432 g/mol. The van der Waals surface area contributed by atoms with Crippen LogP contribution in [0.15, 0.2) is 72.8 Å². The first-order valence-corrected chi connectivity index (χ1v) is 11.0. The first kappa shape index (κ1) is 21.8. The van der Waals surface area contributed by atoms with Crippen molar-refractivity contribution in [1.29, 1.82) is 0 Å². The van der Waals surface area contributed by atoms with Crippen LogP contribution in [0.2, 0.25) is 0 Å². The van der Waals surface area contributed by atoms with E-state index in [1.54, 1.807) is 20.3 Å². The lowest BCUT2D eigenvalue weighted by Gasteiger charge is -2.25. The molecular weight excluding hydrogens is 402 g/mol. The predicted molar refractivity (Wildman–Crippen MR) is 125 cm³/mol. The van der Waals surface area contributed by atoms with Gasteiger partial charge in [0.15, 0.2) is 11.5 Å². The molecule has 166 valence electrons. The standard InChI is InChI=1S/C27H29NO4/c1-30-24-12-6-10-21(17-24)16-23-11-7-15-28(23)27(29)22-13-14-25(26(18-22)31-2)32-19-20-8-4-3-5-9-20/h3-6,8-10,12-14,17-18,23H,7,11,15-16,19H2,1-2H3. The van der Waals surface area contributed by atoms with Crippen molar-refractivity contribution >= 4 is 5.91 Å². The van der Waals surface area contributed by atoms with Crippen molar-refractivity contribution in [2.75, 3.05) is 20.8 Å². The van der Waals surface area contributed by atoms with E-state index in [1.807, 2.05) is 65.6 Å². The molecule has 0 saturated carbocycles. The summed E-state index contributed by atoms with van der Waals surface area (Å²) in [5.74, 6) is 2.06. The second-order valence-electron chi connectivity index (χ2n) is 7.99. The number of carbonyl (C=O) groups is 1. The summed E-state index contributed by atoms with van der Waals surface area (Å²) in [7, 11) is 3.27. The summed E-state index contributed by atoms with van der Waals surface area (Å²) >= 11 is 0. The molecule has 0 aliphatic carbocycles. The van der Waals surface area contributed by atoms with Crippen LogP contribution >= 0.6 is 0 Å². The zero-order valence-corrected chi connectivity index (χ0v) is 18.6. The molecule has 1 fully saturated rings. The van der Waals surface area contributed by atoms with Gasteiger partial charge in [-0.2, -0.15) is 0 Å². The van der Waals surface area contributed by atoms with E-state index < -0.39 is 0 Å². The Hall–Kier alpha value is -3.47. The lowest BCUT2D eigenvalue weighted by molar-refractivity contribution is 0.0736. The van der Waals surface area contributed by atoms with Crippen LogP contribution in [0.5, 0.6) is 17.2 Å². The van der Waals surface area contributed by atoms with Gasteiger partial charge < -0.3 is 19.1 Å². The van der Waals surface area contributed by atoms with Crippen LogP contribution in [-0.4, -0.2) is 37.6 Å². The van der Waals surface area contributed by atoms with Crippen molar-refractivity contribution in [2.45, 2.75) is 31.9 Å². The van der Waals surface area contributed by atoms with E-state index in [-0.39, 0.29) is 11.9 Å². The second-order valence-corrected chi connectivity index (χ2v) is 7.99. The second kappa shape index (κ2) is 10.2. The normalized spacial score (nSPS) is 15.4. The summed E-state index contributed by atoms with van der Waals surface area (Å²) in [4.78, 5) is 15.3. The zero-order valence-electron chi connectivity index (χ0n) is 18.6. The molecular formula is C27H29NO4. The van der Waals surface area contributed by atoms with E-state index in [9.17, 15) is 4.79 Å². The Morgan fingerprint density at radius 3 is 2.50 bits per heavy atom. The monoisotopic (exact) mass is 431 g/mol. The number of ether oxygens (including phenoxy) is 3. The predicted octanol–water partition coefficient (Wildman–Crippen LogP) is 5.13. The van der Waals surface area contributed by atoms with Crippen LogP contribution in [-0.2, 0) is 13.0 Å². The summed E-state index contributed by atoms with van der Waals surface area (Å²) in [6.07, 6.45) is 2.83. The molecule has 1 aliphatic rings. The molecule has 5 heteroatoms. The Balaban J connectivity index is 1.46. The Morgan fingerprint density at radius 2 is 1.72 bits per heavy atom. The Bertz CT molecular complexity index is 1050. The van der Waals surface area contributed by atoms with E-state index in [1.165, 1.54) is 5.56 Å². The summed E-state index contributed by atoms with van der Waals surface area (Å²) in [6, 6.07) is 23.6. The maximum Gasteiger partial charge on any atom is 0.254 e. The maximum atomic E-state index is 13.3. The third kappa shape index (κ3) is 5.05. The van der Waals surface area contributed by atoms with Gasteiger partial charge in [0, 0.05) is 18.2 Å². The van der Waals surface area contributed by atoms with Gasteiger partial charge in [0.05, 0.1) is 14.2 Å². The van der Waals surface area contributed by atoms with Crippen molar-refractivity contribution in [2.24, 2.45) is 0 Å². The SMILES string of the molecule is COc1cccc(CC2CCCN2C(=O)c2ccc(OCc3ccccc3)c(OC)c2)c1. The molecule has 4 rings (SSSR count). The van der Waals surface area contributed by atoms with Crippen LogP contribution in [0.25, 0.3) is 0 Å². The van der Waals surface area contributed by atoms with Gasteiger partial charge >= 0.3 is 0 Å². The minimum Gasteiger partial charge on any atom is -0.497 e. The highest BCUT2D eigenvalue weighted by Crippen LogP contribution is 2.31. The van der Waals surface area contributed by atoms with Crippen molar-refractivity contribution in [3.05, 3.63) is 89.5 Å². The molecule has 5 nitrogen and oxygen atoms in total. The van der Waals surface area contributed by atoms with E-state index in [0.29, 0.717) is 23.7 Å². The number of methoxy groups -OCH3 is 2. The maximum absolute atomic E-state index is 13.3. The molecule has 32 heavy (non-hydrogen) atoms. The van der Waals surface area contributed by atoms with Gasteiger partial charge in [-0.15, -0.1) is 0 Å². The third-order valence-corrected chi connectivity index (χ3v) is 5.89. The highest BCUT2D eigenvalue weighted by molar-refractivity contribution is 5.95. The first-order chi connectivity index (χ1) is 15.7. The molecule has 1 atom stereocenters. The summed E-state index contributed by atoms with van der Waals surface area (Å²) in [5.41, 5.74) is 2.87. The van der Waals surface area contributed by atoms with Crippen LogP contribution in [0.1, 0.15) is 34.3 Å². The summed E-state index contributed by atoms with van der Waals surface area (Å²) in [5, 5.41) is 0. The number of likely N-dealkylation sites (tertiary alicyclic amines) is 1. The largest absolute Gasteiger partial charge is 0.497 e. The van der Waals surface area contributed by atoms with Crippen molar-refractivity contribution in [3.8, 4) is 17.2 Å². The Labute approximate surface area is 189 Å². The van der Waals surface area contributed by atoms with E-state index in [4.69, 9.17) is 14.2 Å². The number of amides is 1. The highest BCUT2D eigenvalue weighted by atomic mass is 16.5. The van der Waals surface area contributed by atoms with Gasteiger partial charge in [-0.1, -0.05) is 42.5 Å². The molecule has 3 aromatic carbocycles. The van der Waals surface area contributed by atoms with Gasteiger partial charge in [-0.05, 0) is 60.7 Å². The van der Waals surface area contributed by atoms with Gasteiger partial charge in [0.25, 0.3) is 5.91 Å². The lowest BCUT2D eigenvalue weighted by Crippen LogP contribution is -2.36. The topological polar surface area (TPSA) is 48.0 Å². The summed E-state index contributed by atoms with van der Waals surface area (Å²) in [6.45, 7) is 1.21. The molecule has 0 N–H and O–H groups in total. The highest BCUT2D eigenvalue weighted by Gasteiger charge is 2.30. The fraction of sp³-hybridized carbons (Fsp3) is 0.296. The van der Waals surface area contributed by atoms with Crippen molar-refractivity contribution < 1.29 is 19.0 Å². The quantitative estimate of drug-likeness (QED) is 0.496. The molecule has 0 spiro atoms. The number of carbonyl (C=O) groups excluding carboxylic acids is 1. The van der Waals surface area contributed by atoms with E-state index >= 15 is 0 Å². The van der Waals surface area contributed by atoms with Crippen LogP contribution in [0.3, 0.4) is 0 Å². The molecule has 3 aromatic rings. The molecule has 0 bridgehead atoms. The van der Waals surface area contributed by atoms with Gasteiger partial charge in [-0.25, -0.2) is 0 Å². The van der Waals surface area contributed by atoms with Crippen molar-refractivity contribution in [3.63, 3.8) is 0 Å². The molecule has 1 saturated heterocycles. The molecule has 1 unspecified atom stereocenters. The number of hydrogen-bond donors (Lipinski definition) is 0. The van der Waals surface area contributed by atoms with Gasteiger partial charge in [-0.3, -0.25) is 4.79 Å². The smallest absolute Gasteiger partial charge is 0.254 e. The fourth-order valence-corrected chi connectivity index (χ4v) is 4.21. The average Bonchev–Trinajstić information content (AvgIpc) is 3.31. The van der Waals surface area contributed by atoms with E-state index in [0.717, 1.165) is 37.1 Å². The summed E-state index contributed by atoms with van der Waals surface area (Å²) < 4.78 is 16.8. The number of nitrogens with zero attached hydrogens (tertiary/aromatic N) is 1. The Morgan fingerprint density at radius 1 is 0.906 bits per heavy atom. The van der Waals surface area contributed by atoms with Crippen LogP contribution < -0.4 is 14.2 Å². The molecule has 1 heterocycles. The Kier molecular flexibility index (Phi) is 6.95. The number of benzene rings is 3. The third-order valence-electron chi connectivity index (χ3n) is 5.89. The van der Waals surface area contributed by atoms with Crippen LogP contribution in [0.4, 0.5) is 0 Å². The molecule has 0 aromatic heterocycles. The van der Waals surface area contributed by atoms with Gasteiger partial charge in [0.2, 0.25) is 0 Å². The first-order valence-electron chi connectivity index (χ1n) is 11.0. The lowest BCUT2D eigenvalue weighted by atomic mass is 10.0.